The minimum atomic E-state index is -1.01. The molecule has 0 aliphatic heterocycles. The first kappa shape index (κ1) is 57.4. The number of aldehydes is 2. The molecule has 0 spiro atoms. The summed E-state index contributed by atoms with van der Waals surface area (Å²) in [6, 6.07) is 32.5. The van der Waals surface area contributed by atoms with Crippen LogP contribution in [-0.4, -0.2) is 69.9 Å². The number of hydrogen-bond acceptors (Lipinski definition) is 9. The summed E-state index contributed by atoms with van der Waals surface area (Å²) >= 11 is 3.35. The second kappa shape index (κ2) is 35.7. The molecule has 352 valence electrons. The molecule has 12 heteroatoms. The lowest BCUT2D eigenvalue weighted by Gasteiger charge is -2.05. The lowest BCUT2D eigenvalue weighted by molar-refractivity contribution is 0.0686. The van der Waals surface area contributed by atoms with E-state index in [0.29, 0.717) is 28.9 Å². The van der Waals surface area contributed by atoms with Gasteiger partial charge in [0.1, 0.15) is 29.8 Å². The number of phenolic OH excluding ortho intramolecular Hbond substituents is 1. The summed E-state index contributed by atoms with van der Waals surface area (Å²) in [6.07, 6.45) is 15.7. The summed E-state index contributed by atoms with van der Waals surface area (Å²) < 4.78 is 11.1. The summed E-state index contributed by atoms with van der Waals surface area (Å²) in [5, 5.41) is 27.3. The average Bonchev–Trinajstić information content (AvgIpc) is 3.34. The standard InChI is InChI=1S/C21H22O4.C12H16O2.C9H8O3.C7H6O2.C5H11Br/c1-2-3-4-15-25-19-12-5-16(6-13-19)7-14-20(22)17-8-10-18(11-9-17)21(23)24;1-2-3-4-9-14-12-7-5-11(10-13)6-8-12;1-6(10)7-2-4-8(5-3-7)9(11)12;8-5-6-1-3-7(9)4-2-6;1-2-3-4-5-6/h5-14H,2-4,15H2,1H3,(H,23,24);5-8,10H,2-4,9H2,1H3;2-5H,1H3,(H,11,12);1-5,9H;2-5H2,1H3/b14-7+;;;;. The number of ether oxygens (including phenoxy) is 2. The van der Waals surface area contributed by atoms with Crippen molar-refractivity contribution in [3.05, 3.63) is 166 Å². The zero-order valence-corrected chi connectivity index (χ0v) is 39.9. The maximum absolute atomic E-state index is 12.1. The van der Waals surface area contributed by atoms with Crippen molar-refractivity contribution >= 4 is 58.1 Å². The fraction of sp³-hybridized carbons (Fsp3) is 0.296. The molecule has 0 bridgehead atoms. The summed E-state index contributed by atoms with van der Waals surface area (Å²) in [5.74, 6) is -0.378. The molecule has 0 radical (unpaired) electrons. The van der Waals surface area contributed by atoms with Crippen molar-refractivity contribution in [2.75, 3.05) is 18.5 Å². The number of aromatic carboxylic acids is 2. The number of hydrogen-bond donors (Lipinski definition) is 3. The SMILES string of the molecule is CC(=O)c1ccc(C(=O)O)cc1.CCCCCBr.CCCCCOc1ccc(/C=C/C(=O)c2ccc(C(=O)O)cc2)cc1.CCCCCOc1ccc(C=O)cc1.O=Cc1ccc(O)cc1. The van der Waals surface area contributed by atoms with Crippen molar-refractivity contribution in [3.8, 4) is 17.2 Å². The van der Waals surface area contributed by atoms with Gasteiger partial charge >= 0.3 is 11.9 Å². The molecule has 5 rings (SSSR count). The van der Waals surface area contributed by atoms with Crippen LogP contribution >= 0.6 is 15.9 Å². The van der Waals surface area contributed by atoms with Crippen LogP contribution in [0.5, 0.6) is 17.2 Å². The van der Waals surface area contributed by atoms with E-state index in [1.165, 1.54) is 118 Å². The van der Waals surface area contributed by atoms with E-state index in [1.807, 2.05) is 36.4 Å². The molecule has 0 aliphatic rings. The van der Waals surface area contributed by atoms with Gasteiger partial charge in [-0.1, -0.05) is 118 Å². The van der Waals surface area contributed by atoms with Gasteiger partial charge in [-0.05, 0) is 123 Å². The lowest BCUT2D eigenvalue weighted by atomic mass is 10.1. The van der Waals surface area contributed by atoms with Gasteiger partial charge in [0.2, 0.25) is 0 Å². The van der Waals surface area contributed by atoms with E-state index in [2.05, 4.69) is 36.7 Å². The first-order valence-electron chi connectivity index (χ1n) is 21.9. The normalized spacial score (nSPS) is 9.89. The highest BCUT2D eigenvalue weighted by Gasteiger charge is 2.06. The Bertz CT molecular complexity index is 2130. The van der Waals surface area contributed by atoms with Crippen LogP contribution in [0.15, 0.2) is 127 Å². The van der Waals surface area contributed by atoms with Gasteiger partial charge < -0.3 is 24.8 Å². The molecule has 66 heavy (non-hydrogen) atoms. The number of allylic oxidation sites excluding steroid dienone is 1. The highest BCUT2D eigenvalue weighted by atomic mass is 79.9. The van der Waals surface area contributed by atoms with Gasteiger partial charge in [-0.3, -0.25) is 19.2 Å². The number of unbranched alkanes of at least 4 members (excludes halogenated alkanes) is 6. The van der Waals surface area contributed by atoms with Gasteiger partial charge in [-0.25, -0.2) is 9.59 Å². The van der Waals surface area contributed by atoms with Crippen LogP contribution in [-0.2, 0) is 0 Å². The van der Waals surface area contributed by atoms with Gasteiger partial charge in [0, 0.05) is 27.6 Å². The molecular weight excluding hydrogens is 904 g/mol. The van der Waals surface area contributed by atoms with E-state index >= 15 is 0 Å². The smallest absolute Gasteiger partial charge is 0.335 e. The number of ketones is 2. The molecule has 0 aliphatic carbocycles. The minimum Gasteiger partial charge on any atom is -0.508 e. The highest BCUT2D eigenvalue weighted by molar-refractivity contribution is 9.09. The largest absolute Gasteiger partial charge is 0.508 e. The fourth-order valence-corrected chi connectivity index (χ4v) is 5.59. The molecular formula is C54H63BrO11. The number of benzene rings is 5. The lowest BCUT2D eigenvalue weighted by Crippen LogP contribution is -1.99. The second-order valence-corrected chi connectivity index (χ2v) is 15.3. The highest BCUT2D eigenvalue weighted by Crippen LogP contribution is 2.16. The Labute approximate surface area is 397 Å². The molecule has 5 aromatic rings. The monoisotopic (exact) mass is 966 g/mol. The van der Waals surface area contributed by atoms with Crippen molar-refractivity contribution in [1.82, 2.24) is 0 Å². The topological polar surface area (TPSA) is 182 Å². The summed E-state index contributed by atoms with van der Waals surface area (Å²) in [6.45, 7) is 9.45. The molecule has 0 saturated heterocycles. The molecule has 0 amide bonds. The predicted octanol–water partition coefficient (Wildman–Crippen LogP) is 13.3. The van der Waals surface area contributed by atoms with Crippen molar-refractivity contribution in [2.45, 2.75) is 85.5 Å². The molecule has 0 saturated carbocycles. The fourth-order valence-electron chi connectivity index (χ4n) is 5.19. The molecule has 11 nitrogen and oxygen atoms in total. The maximum atomic E-state index is 12.1. The van der Waals surface area contributed by atoms with Crippen LogP contribution < -0.4 is 9.47 Å². The van der Waals surface area contributed by atoms with Crippen molar-refractivity contribution < 1.29 is 53.6 Å². The Balaban J connectivity index is 0.000000451. The molecule has 0 aromatic heterocycles. The van der Waals surface area contributed by atoms with E-state index in [4.69, 9.17) is 24.8 Å². The van der Waals surface area contributed by atoms with Crippen LogP contribution in [0.3, 0.4) is 0 Å². The maximum Gasteiger partial charge on any atom is 0.335 e. The second-order valence-electron chi connectivity index (χ2n) is 14.5. The van der Waals surface area contributed by atoms with Gasteiger partial charge in [-0.2, -0.15) is 0 Å². The van der Waals surface area contributed by atoms with Gasteiger partial charge in [0.05, 0.1) is 24.3 Å². The van der Waals surface area contributed by atoms with E-state index in [-0.39, 0.29) is 28.4 Å². The van der Waals surface area contributed by atoms with Gasteiger partial charge in [0.25, 0.3) is 0 Å². The Hall–Kier alpha value is -6.66. The Kier molecular flexibility index (Phi) is 31.0. The Morgan fingerprint density at radius 2 is 0.864 bits per heavy atom. The minimum absolute atomic E-state index is 0.0630. The molecule has 0 fully saturated rings. The average molecular weight is 968 g/mol. The van der Waals surface area contributed by atoms with Crippen molar-refractivity contribution in [1.29, 1.82) is 0 Å². The predicted molar refractivity (Wildman–Crippen MR) is 265 cm³/mol. The van der Waals surface area contributed by atoms with Crippen LogP contribution in [0.4, 0.5) is 0 Å². The number of Topliss-reactive ketones (excluding diaryl/α,β-unsaturated/α-hetero) is 1. The van der Waals surface area contributed by atoms with Crippen LogP contribution in [0.2, 0.25) is 0 Å². The zero-order chi connectivity index (χ0) is 49.0. The van der Waals surface area contributed by atoms with E-state index in [9.17, 15) is 28.8 Å². The Morgan fingerprint density at radius 1 is 0.500 bits per heavy atom. The number of halogens is 1. The zero-order valence-electron chi connectivity index (χ0n) is 38.3. The third-order valence-corrected chi connectivity index (χ3v) is 9.64. The van der Waals surface area contributed by atoms with Gasteiger partial charge in [-0.15, -0.1) is 0 Å². The number of carbonyl (C=O) groups is 6. The van der Waals surface area contributed by atoms with E-state index in [1.54, 1.807) is 30.3 Å². The van der Waals surface area contributed by atoms with Crippen LogP contribution in [0.25, 0.3) is 6.08 Å². The van der Waals surface area contributed by atoms with Crippen LogP contribution in [0, 0.1) is 0 Å². The quantitative estimate of drug-likeness (QED) is 0.0209. The molecule has 0 heterocycles. The van der Waals surface area contributed by atoms with Crippen molar-refractivity contribution in [2.24, 2.45) is 0 Å². The number of rotatable bonds is 21. The summed E-state index contributed by atoms with van der Waals surface area (Å²) in [4.78, 5) is 64.5. The number of alkyl halides is 1. The molecule has 3 N–H and O–H groups in total. The number of carbonyl (C=O) groups excluding carboxylic acids is 4. The van der Waals surface area contributed by atoms with Crippen molar-refractivity contribution in [3.63, 3.8) is 0 Å². The first-order chi connectivity index (χ1) is 31.8. The first-order valence-corrected chi connectivity index (χ1v) is 23.0. The molecule has 5 aromatic carbocycles. The van der Waals surface area contributed by atoms with Gasteiger partial charge in [0.15, 0.2) is 11.6 Å². The third kappa shape index (κ3) is 26.2. The summed E-state index contributed by atoms with van der Waals surface area (Å²) in [5.41, 5.74) is 3.50. The van der Waals surface area contributed by atoms with Crippen LogP contribution in [0.1, 0.15) is 153 Å². The van der Waals surface area contributed by atoms with E-state index in [0.717, 1.165) is 55.5 Å². The third-order valence-electron chi connectivity index (χ3n) is 9.08. The number of carboxylic acids is 2. The number of carboxylic acid groups (broad SMARTS) is 2. The molecule has 0 unspecified atom stereocenters. The van der Waals surface area contributed by atoms with E-state index < -0.39 is 11.9 Å². The Morgan fingerprint density at radius 3 is 1.21 bits per heavy atom. The number of phenols is 1. The number of aromatic hydroxyl groups is 1. The molecule has 0 atom stereocenters. The summed E-state index contributed by atoms with van der Waals surface area (Å²) in [7, 11) is 0.